The van der Waals surface area contributed by atoms with E-state index in [4.69, 9.17) is 5.73 Å². The average molecular weight is 351 g/mol. The van der Waals surface area contributed by atoms with Crippen LogP contribution in [-0.4, -0.2) is 34.1 Å². The molecule has 0 aromatic carbocycles. The highest BCUT2D eigenvalue weighted by molar-refractivity contribution is 5.95. The summed E-state index contributed by atoms with van der Waals surface area (Å²) in [5, 5.41) is 0. The molecule has 2 rings (SSSR count). The van der Waals surface area contributed by atoms with Gasteiger partial charge in [-0.25, -0.2) is 4.99 Å². The summed E-state index contributed by atoms with van der Waals surface area (Å²) in [6.45, 7) is 12.2. The monoisotopic (exact) mass is 351 g/mol. The third-order valence-corrected chi connectivity index (χ3v) is 4.79. The fourth-order valence-corrected chi connectivity index (χ4v) is 2.73. The summed E-state index contributed by atoms with van der Waals surface area (Å²) in [5.41, 5.74) is 10.9. The Balaban J connectivity index is 2.16. The predicted octanol–water partition coefficient (Wildman–Crippen LogP) is 4.26. The van der Waals surface area contributed by atoms with Crippen molar-refractivity contribution in [3.8, 4) is 0 Å². The maximum absolute atomic E-state index is 6.01. The zero-order valence-corrected chi connectivity index (χ0v) is 16.4. The van der Waals surface area contributed by atoms with Gasteiger partial charge in [-0.05, 0) is 56.5 Å². The number of guanidine groups is 1. The van der Waals surface area contributed by atoms with Crippen molar-refractivity contribution < 1.29 is 0 Å². The summed E-state index contributed by atoms with van der Waals surface area (Å²) >= 11 is 0. The number of nitrogens with two attached hydrogens (primary N) is 1. The number of H-pyrrole nitrogens is 1. The van der Waals surface area contributed by atoms with E-state index in [-0.39, 0.29) is 0 Å². The number of nitrogens with one attached hydrogen (secondary N) is 1. The van der Waals surface area contributed by atoms with Crippen LogP contribution in [0.1, 0.15) is 39.7 Å². The van der Waals surface area contributed by atoms with E-state index < -0.39 is 5.54 Å². The summed E-state index contributed by atoms with van der Waals surface area (Å²) in [6, 6.07) is 2.05. The lowest BCUT2D eigenvalue weighted by Crippen LogP contribution is -2.44. The Hall–Kier alpha value is -2.82. The second kappa shape index (κ2) is 8.04. The van der Waals surface area contributed by atoms with Gasteiger partial charge in [0.2, 0.25) is 0 Å². The van der Waals surface area contributed by atoms with Crippen molar-refractivity contribution in [2.24, 2.45) is 15.7 Å². The number of aliphatic imine (C=N–C) groups is 2. The van der Waals surface area contributed by atoms with Crippen molar-refractivity contribution in [3.63, 3.8) is 0 Å². The van der Waals surface area contributed by atoms with Crippen LogP contribution in [0.3, 0.4) is 0 Å². The Bertz CT molecular complexity index is 805. The molecule has 1 aliphatic heterocycles. The molecular weight excluding hydrogens is 322 g/mol. The summed E-state index contributed by atoms with van der Waals surface area (Å²) in [5.74, 6) is 0.487. The van der Waals surface area contributed by atoms with Crippen molar-refractivity contribution in [1.82, 2.24) is 9.88 Å². The quantitative estimate of drug-likeness (QED) is 0.614. The van der Waals surface area contributed by atoms with Gasteiger partial charge in [-0.2, -0.15) is 0 Å². The number of aromatic amines is 1. The van der Waals surface area contributed by atoms with Gasteiger partial charge >= 0.3 is 0 Å². The van der Waals surface area contributed by atoms with E-state index in [2.05, 4.69) is 40.6 Å². The Morgan fingerprint density at radius 1 is 1.42 bits per heavy atom. The van der Waals surface area contributed by atoms with Crippen LogP contribution in [0, 0.1) is 0 Å². The van der Waals surface area contributed by atoms with Crippen LogP contribution in [-0.2, 0) is 0 Å². The van der Waals surface area contributed by atoms with Crippen molar-refractivity contribution >= 4 is 17.2 Å². The van der Waals surface area contributed by atoms with Crippen LogP contribution < -0.4 is 5.73 Å². The molecule has 0 saturated carbocycles. The van der Waals surface area contributed by atoms with Gasteiger partial charge in [-0.15, -0.1) is 0 Å². The minimum absolute atomic E-state index is 0.402. The van der Waals surface area contributed by atoms with E-state index in [1.807, 2.05) is 63.5 Å². The third-order valence-electron chi connectivity index (χ3n) is 4.79. The summed E-state index contributed by atoms with van der Waals surface area (Å²) in [6.07, 6.45) is 12.7. The molecule has 0 radical (unpaired) electrons. The summed E-state index contributed by atoms with van der Waals surface area (Å²) in [7, 11) is 1.89. The topological polar surface area (TPSA) is 69.8 Å². The SMILES string of the molecule is C=C1C[C@@](C)(/C(C)=C/N=C(C)/C=C\C(=C/C)c2cc[nH]c2)N=C(N)N1C. The first-order chi connectivity index (χ1) is 12.3. The highest BCUT2D eigenvalue weighted by Crippen LogP contribution is 2.32. The standard InChI is InChI=1S/C21H29N5/c1-7-18(19-10-11-23-14-19)9-8-16(3)24-13-15(2)21(5)12-17(4)26(6)20(22)25-21/h7-11,13-14,23H,4,12H2,1-3,5-6H3,(H2,22,25)/b9-8-,15-13+,18-7+,24-16+/t21-/m0/s1. The molecule has 138 valence electrons. The minimum Gasteiger partial charge on any atom is -0.370 e. The van der Waals surface area contributed by atoms with E-state index in [0.717, 1.165) is 34.5 Å². The molecule has 0 unspecified atom stereocenters. The van der Waals surface area contributed by atoms with E-state index >= 15 is 0 Å². The number of nitrogens with zero attached hydrogens (tertiary/aromatic N) is 3. The van der Waals surface area contributed by atoms with E-state index in [9.17, 15) is 0 Å². The molecular formula is C21H29N5. The fourth-order valence-electron chi connectivity index (χ4n) is 2.73. The Labute approximate surface area is 156 Å². The molecule has 1 aliphatic rings. The first kappa shape index (κ1) is 19.5. The molecule has 1 aromatic heterocycles. The molecule has 1 atom stereocenters. The number of hydrogen-bond acceptors (Lipinski definition) is 4. The molecule has 2 heterocycles. The molecule has 3 N–H and O–H groups in total. The zero-order valence-electron chi connectivity index (χ0n) is 16.4. The number of hydrogen-bond donors (Lipinski definition) is 2. The molecule has 0 bridgehead atoms. The Morgan fingerprint density at radius 2 is 2.15 bits per heavy atom. The second-order valence-corrected chi connectivity index (χ2v) is 6.81. The number of aromatic nitrogens is 1. The maximum atomic E-state index is 6.01. The Morgan fingerprint density at radius 3 is 2.73 bits per heavy atom. The van der Waals surface area contributed by atoms with Crippen molar-refractivity contribution in [2.75, 3.05) is 7.05 Å². The van der Waals surface area contributed by atoms with Gasteiger partial charge in [-0.3, -0.25) is 4.99 Å². The molecule has 0 fully saturated rings. The number of rotatable bonds is 5. The molecule has 5 nitrogen and oxygen atoms in total. The van der Waals surface area contributed by atoms with Crippen LogP contribution in [0.2, 0.25) is 0 Å². The van der Waals surface area contributed by atoms with Crippen LogP contribution in [0.4, 0.5) is 0 Å². The van der Waals surface area contributed by atoms with Crippen LogP contribution in [0.15, 0.2) is 70.7 Å². The van der Waals surface area contributed by atoms with Gasteiger partial charge in [0.05, 0.1) is 5.54 Å². The normalized spacial score (nSPS) is 23.0. The highest BCUT2D eigenvalue weighted by atomic mass is 15.3. The van der Waals surface area contributed by atoms with Gasteiger partial charge < -0.3 is 15.6 Å². The van der Waals surface area contributed by atoms with Crippen molar-refractivity contribution in [3.05, 3.63) is 66.3 Å². The molecule has 0 saturated heterocycles. The lowest BCUT2D eigenvalue weighted by atomic mass is 9.88. The molecule has 1 aromatic rings. The van der Waals surface area contributed by atoms with Gasteiger partial charge in [0.15, 0.2) is 5.96 Å². The molecule has 0 aliphatic carbocycles. The lowest BCUT2D eigenvalue weighted by Gasteiger charge is -2.36. The Kier molecular flexibility index (Phi) is 6.03. The number of allylic oxidation sites excluding steroid dienone is 4. The first-order valence-electron chi connectivity index (χ1n) is 8.73. The fraction of sp³-hybridized carbons (Fsp3) is 0.333. The predicted molar refractivity (Wildman–Crippen MR) is 112 cm³/mol. The molecule has 0 spiro atoms. The van der Waals surface area contributed by atoms with Gasteiger partial charge in [-0.1, -0.05) is 18.7 Å². The second-order valence-electron chi connectivity index (χ2n) is 6.81. The van der Waals surface area contributed by atoms with Crippen LogP contribution in [0.5, 0.6) is 0 Å². The van der Waals surface area contributed by atoms with Gasteiger partial charge in [0.1, 0.15) is 0 Å². The minimum atomic E-state index is -0.402. The van der Waals surface area contributed by atoms with E-state index in [0.29, 0.717) is 5.96 Å². The van der Waals surface area contributed by atoms with Crippen LogP contribution in [0.25, 0.3) is 5.57 Å². The average Bonchev–Trinajstić information content (AvgIpc) is 3.12. The maximum Gasteiger partial charge on any atom is 0.196 e. The van der Waals surface area contributed by atoms with E-state index in [1.165, 1.54) is 0 Å². The first-order valence-corrected chi connectivity index (χ1v) is 8.73. The van der Waals surface area contributed by atoms with Gasteiger partial charge in [0.25, 0.3) is 0 Å². The lowest BCUT2D eigenvalue weighted by molar-refractivity contribution is 0.434. The summed E-state index contributed by atoms with van der Waals surface area (Å²) < 4.78 is 0. The molecule has 5 heteroatoms. The van der Waals surface area contributed by atoms with Gasteiger partial charge in [0, 0.05) is 43.5 Å². The smallest absolute Gasteiger partial charge is 0.196 e. The van der Waals surface area contributed by atoms with Crippen LogP contribution >= 0.6 is 0 Å². The summed E-state index contributed by atoms with van der Waals surface area (Å²) in [4.78, 5) is 14.1. The zero-order chi connectivity index (χ0) is 19.3. The third kappa shape index (κ3) is 4.42. The highest BCUT2D eigenvalue weighted by Gasteiger charge is 2.32. The van der Waals surface area contributed by atoms with Crippen molar-refractivity contribution in [1.29, 1.82) is 0 Å². The molecule has 26 heavy (non-hydrogen) atoms. The largest absolute Gasteiger partial charge is 0.370 e. The van der Waals surface area contributed by atoms with E-state index in [1.54, 1.807) is 0 Å². The van der Waals surface area contributed by atoms with Crippen molar-refractivity contribution in [2.45, 2.75) is 39.7 Å². The molecule has 0 amide bonds.